The molecule has 0 spiro atoms. The molecule has 0 unspecified atom stereocenters. The number of rotatable bonds is 8. The predicted molar refractivity (Wildman–Crippen MR) is 145 cm³/mol. The number of hydrogen-bond donors (Lipinski definition) is 3. The van der Waals surface area contributed by atoms with Crippen LogP contribution >= 0.6 is 0 Å². The van der Waals surface area contributed by atoms with E-state index in [1.165, 1.54) is 31.2 Å². The van der Waals surface area contributed by atoms with E-state index in [2.05, 4.69) is 51.7 Å². The monoisotopic (exact) mass is 446 g/mol. The van der Waals surface area contributed by atoms with Crippen LogP contribution in [0.15, 0.2) is 85.4 Å². The van der Waals surface area contributed by atoms with Gasteiger partial charge >= 0.3 is 0 Å². The lowest BCUT2D eigenvalue weighted by molar-refractivity contribution is 0.474. The van der Waals surface area contributed by atoms with Crippen LogP contribution in [0.5, 0.6) is 5.75 Å². The van der Waals surface area contributed by atoms with Gasteiger partial charge < -0.3 is 16.2 Å². The van der Waals surface area contributed by atoms with Crippen molar-refractivity contribution in [1.82, 2.24) is 0 Å². The summed E-state index contributed by atoms with van der Waals surface area (Å²) in [6.45, 7) is 13.3. The maximum absolute atomic E-state index is 9.37. The van der Waals surface area contributed by atoms with Gasteiger partial charge in [-0.15, -0.1) is 0 Å². The molecule has 3 heteroatoms. The van der Waals surface area contributed by atoms with Gasteiger partial charge in [-0.3, -0.25) is 0 Å². The molecule has 0 atom stereocenters. The lowest BCUT2D eigenvalue weighted by atomic mass is 10.0. The highest BCUT2D eigenvalue weighted by Crippen LogP contribution is 2.16. The minimum absolute atomic E-state index is 0.276. The minimum atomic E-state index is 0.276. The zero-order valence-corrected chi connectivity index (χ0v) is 20.9. The Morgan fingerprint density at radius 1 is 0.909 bits per heavy atom. The molecule has 0 aromatic heterocycles. The second kappa shape index (κ2) is 16.4. The van der Waals surface area contributed by atoms with Gasteiger partial charge in [0.15, 0.2) is 0 Å². The molecule has 0 bridgehead atoms. The van der Waals surface area contributed by atoms with E-state index in [1.54, 1.807) is 12.1 Å². The number of nitrogens with one attached hydrogen (secondary N) is 1. The van der Waals surface area contributed by atoms with Gasteiger partial charge in [0.05, 0.1) is 0 Å². The van der Waals surface area contributed by atoms with E-state index >= 15 is 0 Å². The third-order valence-corrected chi connectivity index (χ3v) is 5.14. The molecule has 0 aliphatic carbocycles. The van der Waals surface area contributed by atoms with Crippen LogP contribution in [0.25, 0.3) is 5.70 Å². The highest BCUT2D eigenvalue weighted by Gasteiger charge is 1.98. The quantitative estimate of drug-likeness (QED) is 0.327. The number of hydrogen-bond acceptors (Lipinski definition) is 3. The van der Waals surface area contributed by atoms with Crippen molar-refractivity contribution >= 4 is 11.4 Å². The van der Waals surface area contributed by atoms with Crippen LogP contribution in [0, 0.1) is 12.8 Å². The Morgan fingerprint density at radius 3 is 2.06 bits per heavy atom. The summed E-state index contributed by atoms with van der Waals surface area (Å²) in [7, 11) is 0. The number of nitrogens with two attached hydrogens (primary N) is 1. The van der Waals surface area contributed by atoms with Crippen LogP contribution < -0.4 is 11.1 Å². The molecule has 3 aromatic rings. The Kier molecular flexibility index (Phi) is 13.9. The first-order valence-corrected chi connectivity index (χ1v) is 11.9. The highest BCUT2D eigenvalue weighted by molar-refractivity contribution is 5.64. The third kappa shape index (κ3) is 13.1. The van der Waals surface area contributed by atoms with E-state index in [0.717, 1.165) is 22.7 Å². The number of phenols is 1. The summed E-state index contributed by atoms with van der Waals surface area (Å²) in [4.78, 5) is 0. The Bertz CT molecular complexity index is 915. The predicted octanol–water partition coefficient (Wildman–Crippen LogP) is 8.15. The standard InChI is InChI=1S/C15H16N2O.C8H18.C7H8/c1-11(16)13-5-3-6-14(9-13)17-10-12-4-2-7-15(18)8-12;1-4-6-8(3)7-5-2;1-7-5-3-2-4-6-7/h2-9,17-18H,1,10,16H2;8H,4-7H2,1-3H3;2-6H,1H3. The van der Waals surface area contributed by atoms with Crippen LogP contribution in [0.2, 0.25) is 0 Å². The van der Waals surface area contributed by atoms with E-state index in [1.807, 2.05) is 54.6 Å². The van der Waals surface area contributed by atoms with Gasteiger partial charge in [0.2, 0.25) is 0 Å². The van der Waals surface area contributed by atoms with Crippen molar-refractivity contribution in [3.05, 3.63) is 102 Å². The summed E-state index contributed by atoms with van der Waals surface area (Å²) in [5, 5.41) is 12.6. The molecular formula is C30H42N2O. The number of aromatic hydroxyl groups is 1. The van der Waals surface area contributed by atoms with Crippen LogP contribution in [0.1, 0.15) is 63.1 Å². The van der Waals surface area contributed by atoms with E-state index in [-0.39, 0.29) is 5.75 Å². The molecule has 3 rings (SSSR count). The molecule has 0 saturated heterocycles. The second-order valence-corrected chi connectivity index (χ2v) is 8.47. The first-order valence-electron chi connectivity index (χ1n) is 11.9. The molecule has 0 aliphatic heterocycles. The van der Waals surface area contributed by atoms with Gasteiger partial charge in [0, 0.05) is 17.9 Å². The van der Waals surface area contributed by atoms with Gasteiger partial charge in [-0.25, -0.2) is 0 Å². The maximum Gasteiger partial charge on any atom is 0.115 e. The van der Waals surface area contributed by atoms with E-state index in [9.17, 15) is 5.11 Å². The van der Waals surface area contributed by atoms with Crippen LogP contribution in [-0.4, -0.2) is 5.11 Å². The lowest BCUT2D eigenvalue weighted by Gasteiger charge is -2.08. The molecule has 4 N–H and O–H groups in total. The van der Waals surface area contributed by atoms with Crippen LogP contribution in [0.4, 0.5) is 5.69 Å². The number of aryl methyl sites for hydroxylation is 1. The zero-order chi connectivity index (χ0) is 24.5. The number of phenolic OH excluding ortho intramolecular Hbond substituents is 1. The first-order chi connectivity index (χ1) is 15.8. The molecule has 0 aliphatic rings. The average molecular weight is 447 g/mol. The Hall–Kier alpha value is -3.20. The summed E-state index contributed by atoms with van der Waals surface area (Å²) in [5.74, 6) is 1.24. The summed E-state index contributed by atoms with van der Waals surface area (Å²) < 4.78 is 0. The molecule has 33 heavy (non-hydrogen) atoms. The fourth-order valence-electron chi connectivity index (χ4n) is 3.36. The van der Waals surface area contributed by atoms with E-state index < -0.39 is 0 Å². The third-order valence-electron chi connectivity index (χ3n) is 5.14. The molecule has 0 heterocycles. The largest absolute Gasteiger partial charge is 0.508 e. The maximum atomic E-state index is 9.37. The van der Waals surface area contributed by atoms with Gasteiger partial charge in [-0.1, -0.05) is 113 Å². The van der Waals surface area contributed by atoms with Gasteiger partial charge in [-0.2, -0.15) is 0 Å². The van der Waals surface area contributed by atoms with Crippen LogP contribution in [0.3, 0.4) is 0 Å². The lowest BCUT2D eigenvalue weighted by Crippen LogP contribution is -2.00. The number of anilines is 1. The fraction of sp³-hybridized carbons (Fsp3) is 0.333. The van der Waals surface area contributed by atoms with Gasteiger partial charge in [-0.05, 0) is 48.2 Å². The number of benzene rings is 3. The topological polar surface area (TPSA) is 58.3 Å². The summed E-state index contributed by atoms with van der Waals surface area (Å²) >= 11 is 0. The SMILES string of the molecule is C=C(N)c1cccc(NCc2cccc(O)c2)c1.CCCC(C)CCC.Cc1ccccc1. The van der Waals surface area contributed by atoms with Crippen molar-refractivity contribution < 1.29 is 5.11 Å². The van der Waals surface area contributed by atoms with Crippen molar-refractivity contribution in [2.24, 2.45) is 11.7 Å². The molecular weight excluding hydrogens is 404 g/mol. The van der Waals surface area contributed by atoms with Crippen molar-refractivity contribution in [3.8, 4) is 5.75 Å². The molecule has 0 fully saturated rings. The first kappa shape index (κ1) is 27.8. The molecule has 0 saturated carbocycles. The summed E-state index contributed by atoms with van der Waals surface area (Å²) in [6.07, 6.45) is 5.52. The Morgan fingerprint density at radius 2 is 1.55 bits per heavy atom. The van der Waals surface area contributed by atoms with Gasteiger partial charge in [0.25, 0.3) is 0 Å². The minimum Gasteiger partial charge on any atom is -0.508 e. The Labute approximate surface area is 201 Å². The van der Waals surface area contributed by atoms with Crippen LogP contribution in [-0.2, 0) is 6.54 Å². The molecule has 3 aromatic carbocycles. The highest BCUT2D eigenvalue weighted by atomic mass is 16.3. The smallest absolute Gasteiger partial charge is 0.115 e. The van der Waals surface area contributed by atoms with Crippen molar-refractivity contribution in [2.45, 2.75) is 59.9 Å². The van der Waals surface area contributed by atoms with Crippen molar-refractivity contribution in [1.29, 1.82) is 0 Å². The molecule has 0 radical (unpaired) electrons. The van der Waals surface area contributed by atoms with Crippen molar-refractivity contribution in [2.75, 3.05) is 5.32 Å². The summed E-state index contributed by atoms with van der Waals surface area (Å²) in [5.41, 5.74) is 10.4. The van der Waals surface area contributed by atoms with Crippen molar-refractivity contribution in [3.63, 3.8) is 0 Å². The zero-order valence-electron chi connectivity index (χ0n) is 20.9. The Balaban J connectivity index is 0.000000300. The average Bonchev–Trinajstić information content (AvgIpc) is 2.80. The van der Waals surface area contributed by atoms with E-state index in [4.69, 9.17) is 5.73 Å². The fourth-order valence-corrected chi connectivity index (χ4v) is 3.36. The molecule has 0 amide bonds. The second-order valence-electron chi connectivity index (χ2n) is 8.47. The summed E-state index contributed by atoms with van der Waals surface area (Å²) in [6, 6.07) is 25.2. The van der Waals surface area contributed by atoms with Gasteiger partial charge in [0.1, 0.15) is 5.75 Å². The normalized spacial score (nSPS) is 9.85. The van der Waals surface area contributed by atoms with E-state index in [0.29, 0.717) is 12.2 Å². The molecule has 178 valence electrons. The molecule has 3 nitrogen and oxygen atoms in total.